The number of hydrogen-bond donors (Lipinski definition) is 1. The van der Waals surface area contributed by atoms with Gasteiger partial charge in [-0.2, -0.15) is 4.37 Å². The lowest BCUT2D eigenvalue weighted by molar-refractivity contribution is -0.0930. The first-order chi connectivity index (χ1) is 5.86. The molecule has 66 valence electrons. The van der Waals surface area contributed by atoms with E-state index in [-0.39, 0.29) is 6.10 Å². The Balaban J connectivity index is 2.08. The lowest BCUT2D eigenvalue weighted by atomic mass is 10.3. The van der Waals surface area contributed by atoms with Crippen molar-refractivity contribution in [2.75, 3.05) is 25.6 Å². The average Bonchev–Trinajstić information content (AvgIpc) is 2.54. The Morgan fingerprint density at radius 3 is 3.00 bits per heavy atom. The summed E-state index contributed by atoms with van der Waals surface area (Å²) in [6, 6.07) is 0. The minimum absolute atomic E-state index is 0.132. The molecule has 1 unspecified atom stereocenters. The van der Waals surface area contributed by atoms with Crippen molar-refractivity contribution in [2.45, 2.75) is 6.10 Å². The summed E-state index contributed by atoms with van der Waals surface area (Å²) < 4.78 is 14.6. The van der Waals surface area contributed by atoms with E-state index in [1.807, 2.05) is 0 Å². The summed E-state index contributed by atoms with van der Waals surface area (Å²) in [6.45, 7) is 1.77. The molecule has 0 aromatic carbocycles. The van der Waals surface area contributed by atoms with Gasteiger partial charge in [0.05, 0.1) is 19.8 Å². The molecule has 0 saturated carbocycles. The van der Waals surface area contributed by atoms with Gasteiger partial charge in [-0.15, -0.1) is 0 Å². The molecular weight excluding hydrogens is 178 g/mol. The van der Waals surface area contributed by atoms with Crippen molar-refractivity contribution < 1.29 is 9.47 Å². The van der Waals surface area contributed by atoms with Gasteiger partial charge in [-0.1, -0.05) is 0 Å². The smallest absolute Gasteiger partial charge is 0.200 e. The highest BCUT2D eigenvalue weighted by atomic mass is 32.1. The average molecular weight is 187 g/mol. The molecule has 1 atom stereocenters. The maximum absolute atomic E-state index is 5.43. The maximum atomic E-state index is 5.43. The van der Waals surface area contributed by atoms with Crippen molar-refractivity contribution in [3.05, 3.63) is 5.82 Å². The summed E-state index contributed by atoms with van der Waals surface area (Å²) in [4.78, 5) is 4.01. The molecule has 1 fully saturated rings. The second-order valence-corrected chi connectivity index (χ2v) is 3.21. The molecule has 12 heavy (non-hydrogen) atoms. The Labute approximate surface area is 73.7 Å². The molecule has 1 aromatic rings. The fourth-order valence-corrected chi connectivity index (χ4v) is 1.49. The normalized spacial score (nSPS) is 24.2. The highest BCUT2D eigenvalue weighted by Crippen LogP contribution is 2.19. The molecule has 2 N–H and O–H groups in total. The van der Waals surface area contributed by atoms with Gasteiger partial charge < -0.3 is 15.2 Å². The highest BCUT2D eigenvalue weighted by Gasteiger charge is 2.20. The van der Waals surface area contributed by atoms with Crippen LogP contribution in [-0.2, 0) is 9.47 Å². The Morgan fingerprint density at radius 2 is 2.42 bits per heavy atom. The number of aromatic nitrogens is 2. The summed E-state index contributed by atoms with van der Waals surface area (Å²) in [6.07, 6.45) is -0.132. The summed E-state index contributed by atoms with van der Waals surface area (Å²) >= 11 is 1.18. The predicted octanol–water partition coefficient (Wildman–Crippen LogP) is 0.208. The minimum atomic E-state index is -0.132. The van der Waals surface area contributed by atoms with Crippen LogP contribution in [0.4, 0.5) is 5.13 Å². The van der Waals surface area contributed by atoms with Gasteiger partial charge in [0.1, 0.15) is 6.10 Å². The molecule has 1 saturated heterocycles. The summed E-state index contributed by atoms with van der Waals surface area (Å²) in [5, 5.41) is 0.471. The molecule has 2 rings (SSSR count). The third kappa shape index (κ3) is 1.55. The van der Waals surface area contributed by atoms with Crippen LogP contribution in [-0.4, -0.2) is 29.2 Å². The standard InChI is InChI=1S/C6H9N3O2S/c7-6-8-5(9-12-6)4-3-10-1-2-11-4/h4H,1-3H2,(H2,7,8,9). The first-order valence-electron chi connectivity index (χ1n) is 3.64. The monoisotopic (exact) mass is 187 g/mol. The largest absolute Gasteiger partial charge is 0.376 e. The molecule has 1 aromatic heterocycles. The fraction of sp³-hybridized carbons (Fsp3) is 0.667. The van der Waals surface area contributed by atoms with E-state index in [1.54, 1.807) is 0 Å². The van der Waals surface area contributed by atoms with E-state index in [0.717, 1.165) is 0 Å². The quantitative estimate of drug-likeness (QED) is 0.680. The van der Waals surface area contributed by atoms with Gasteiger partial charge in [0.25, 0.3) is 0 Å². The Morgan fingerprint density at radius 1 is 1.50 bits per heavy atom. The molecule has 0 spiro atoms. The van der Waals surface area contributed by atoms with E-state index in [4.69, 9.17) is 15.2 Å². The fourth-order valence-electron chi connectivity index (χ4n) is 1.01. The van der Waals surface area contributed by atoms with Crippen LogP contribution in [0, 0.1) is 0 Å². The molecule has 6 heteroatoms. The lowest BCUT2D eigenvalue weighted by Crippen LogP contribution is -2.22. The van der Waals surface area contributed by atoms with Crippen molar-refractivity contribution in [1.82, 2.24) is 9.36 Å². The molecule has 0 amide bonds. The third-order valence-corrected chi connectivity index (χ3v) is 2.12. The van der Waals surface area contributed by atoms with Crippen LogP contribution in [0.5, 0.6) is 0 Å². The topological polar surface area (TPSA) is 70.3 Å². The molecule has 0 aliphatic carbocycles. The van der Waals surface area contributed by atoms with E-state index in [0.29, 0.717) is 30.8 Å². The van der Waals surface area contributed by atoms with Crippen LogP contribution >= 0.6 is 11.5 Å². The van der Waals surface area contributed by atoms with Gasteiger partial charge in [-0.05, 0) is 0 Å². The van der Waals surface area contributed by atoms with Crippen molar-refractivity contribution in [3.63, 3.8) is 0 Å². The van der Waals surface area contributed by atoms with Gasteiger partial charge in [0, 0.05) is 11.5 Å². The number of anilines is 1. The van der Waals surface area contributed by atoms with Gasteiger partial charge in [0.15, 0.2) is 11.0 Å². The first-order valence-corrected chi connectivity index (χ1v) is 4.42. The molecule has 2 heterocycles. The van der Waals surface area contributed by atoms with Gasteiger partial charge in [0.2, 0.25) is 0 Å². The van der Waals surface area contributed by atoms with Crippen LogP contribution in [0.15, 0.2) is 0 Å². The van der Waals surface area contributed by atoms with E-state index in [9.17, 15) is 0 Å². The summed E-state index contributed by atoms with van der Waals surface area (Å²) in [5.41, 5.74) is 5.43. The van der Waals surface area contributed by atoms with Crippen molar-refractivity contribution >= 4 is 16.7 Å². The van der Waals surface area contributed by atoms with Crippen LogP contribution in [0.1, 0.15) is 11.9 Å². The van der Waals surface area contributed by atoms with E-state index < -0.39 is 0 Å². The van der Waals surface area contributed by atoms with Crippen LogP contribution in [0.25, 0.3) is 0 Å². The number of nitrogen functional groups attached to an aromatic ring is 1. The number of ether oxygens (including phenoxy) is 2. The number of nitrogens with zero attached hydrogens (tertiary/aromatic N) is 2. The van der Waals surface area contributed by atoms with E-state index in [1.165, 1.54) is 11.5 Å². The molecule has 1 aliphatic rings. The minimum Gasteiger partial charge on any atom is -0.376 e. The highest BCUT2D eigenvalue weighted by molar-refractivity contribution is 7.09. The molecule has 0 radical (unpaired) electrons. The second kappa shape index (κ2) is 3.34. The predicted molar refractivity (Wildman–Crippen MR) is 43.8 cm³/mol. The Hall–Kier alpha value is -0.720. The lowest BCUT2D eigenvalue weighted by Gasteiger charge is -2.19. The van der Waals surface area contributed by atoms with Crippen molar-refractivity contribution in [1.29, 1.82) is 0 Å². The van der Waals surface area contributed by atoms with Gasteiger partial charge in [-0.25, -0.2) is 4.98 Å². The summed E-state index contributed by atoms with van der Waals surface area (Å²) in [7, 11) is 0. The number of hydrogen-bond acceptors (Lipinski definition) is 6. The molecule has 1 aliphatic heterocycles. The summed E-state index contributed by atoms with van der Waals surface area (Å²) in [5.74, 6) is 0.636. The van der Waals surface area contributed by atoms with E-state index in [2.05, 4.69) is 9.36 Å². The van der Waals surface area contributed by atoms with Gasteiger partial charge >= 0.3 is 0 Å². The number of nitrogens with two attached hydrogens (primary N) is 1. The Bertz CT molecular complexity index is 259. The van der Waals surface area contributed by atoms with E-state index >= 15 is 0 Å². The molecule has 5 nitrogen and oxygen atoms in total. The molecular formula is C6H9N3O2S. The maximum Gasteiger partial charge on any atom is 0.200 e. The SMILES string of the molecule is Nc1nc(C2COCCO2)ns1. The van der Waals surface area contributed by atoms with Crippen molar-refractivity contribution in [3.8, 4) is 0 Å². The van der Waals surface area contributed by atoms with Crippen LogP contribution in [0.3, 0.4) is 0 Å². The van der Waals surface area contributed by atoms with Crippen LogP contribution < -0.4 is 5.73 Å². The van der Waals surface area contributed by atoms with Crippen LogP contribution in [0.2, 0.25) is 0 Å². The zero-order valence-corrected chi connectivity index (χ0v) is 7.21. The third-order valence-electron chi connectivity index (χ3n) is 1.56. The number of rotatable bonds is 1. The van der Waals surface area contributed by atoms with Gasteiger partial charge in [-0.3, -0.25) is 0 Å². The first kappa shape index (κ1) is 7.90. The zero-order chi connectivity index (χ0) is 8.39. The second-order valence-electron chi connectivity index (χ2n) is 2.43. The Kier molecular flexibility index (Phi) is 2.20. The molecule has 0 bridgehead atoms. The van der Waals surface area contributed by atoms with Crippen molar-refractivity contribution in [2.24, 2.45) is 0 Å². The zero-order valence-electron chi connectivity index (χ0n) is 6.40.